The number of sulfone groups is 1. The number of hydrogen-bond donors (Lipinski definition) is 1. The van der Waals surface area contributed by atoms with E-state index < -0.39 is 15.7 Å². The number of amides is 2. The zero-order valence-corrected chi connectivity index (χ0v) is 15.7. The van der Waals surface area contributed by atoms with Gasteiger partial charge in [0.1, 0.15) is 11.5 Å². The summed E-state index contributed by atoms with van der Waals surface area (Å²) in [6.07, 6.45) is 3.35. The molecular formula is C18H21N3O5S. The molecule has 1 fully saturated rings. The number of furan rings is 1. The second-order valence-corrected chi connectivity index (χ2v) is 8.57. The fraction of sp³-hybridized carbons (Fsp3) is 0.389. The van der Waals surface area contributed by atoms with E-state index in [9.17, 15) is 18.0 Å². The maximum absolute atomic E-state index is 12.9. The van der Waals surface area contributed by atoms with E-state index in [1.54, 1.807) is 24.0 Å². The van der Waals surface area contributed by atoms with E-state index in [1.807, 2.05) is 0 Å². The van der Waals surface area contributed by atoms with E-state index in [4.69, 9.17) is 4.42 Å². The maximum atomic E-state index is 12.9. The highest BCUT2D eigenvalue weighted by Crippen LogP contribution is 2.20. The molecule has 3 heterocycles. The summed E-state index contributed by atoms with van der Waals surface area (Å²) < 4.78 is 28.6. The molecule has 0 spiro atoms. The summed E-state index contributed by atoms with van der Waals surface area (Å²) in [6, 6.07) is 6.07. The second kappa shape index (κ2) is 7.91. The number of rotatable bonds is 6. The highest BCUT2D eigenvalue weighted by atomic mass is 32.2. The Morgan fingerprint density at radius 1 is 1.37 bits per heavy atom. The van der Waals surface area contributed by atoms with Crippen molar-refractivity contribution in [2.75, 3.05) is 18.1 Å². The Labute approximate surface area is 157 Å². The molecule has 1 saturated heterocycles. The number of pyridine rings is 1. The predicted octanol–water partition coefficient (Wildman–Crippen LogP) is 1.25. The smallest absolute Gasteiger partial charge is 0.270 e. The molecule has 144 valence electrons. The topological polar surface area (TPSA) is 110 Å². The first kappa shape index (κ1) is 19.1. The zero-order chi connectivity index (χ0) is 19.4. The van der Waals surface area contributed by atoms with Gasteiger partial charge in [0.25, 0.3) is 11.8 Å². The van der Waals surface area contributed by atoms with Crippen LogP contribution in [0.4, 0.5) is 0 Å². The van der Waals surface area contributed by atoms with Crippen LogP contribution in [0.2, 0.25) is 0 Å². The van der Waals surface area contributed by atoms with Crippen molar-refractivity contribution in [1.82, 2.24) is 15.2 Å². The molecule has 1 N–H and O–H groups in total. The Hall–Kier alpha value is -2.68. The van der Waals surface area contributed by atoms with Gasteiger partial charge in [-0.2, -0.15) is 0 Å². The van der Waals surface area contributed by atoms with Crippen LogP contribution in [0.3, 0.4) is 0 Å². The molecule has 0 aliphatic carbocycles. The van der Waals surface area contributed by atoms with Gasteiger partial charge in [0.15, 0.2) is 9.84 Å². The Morgan fingerprint density at radius 2 is 2.19 bits per heavy atom. The monoisotopic (exact) mass is 391 g/mol. The van der Waals surface area contributed by atoms with E-state index in [0.29, 0.717) is 24.3 Å². The van der Waals surface area contributed by atoms with Crippen molar-refractivity contribution < 1.29 is 22.4 Å². The maximum Gasteiger partial charge on any atom is 0.270 e. The van der Waals surface area contributed by atoms with E-state index in [0.717, 1.165) is 0 Å². The molecule has 0 bridgehead atoms. The van der Waals surface area contributed by atoms with Crippen molar-refractivity contribution in [2.24, 2.45) is 0 Å². The van der Waals surface area contributed by atoms with Crippen LogP contribution in [0.15, 0.2) is 41.1 Å². The third-order valence-corrected chi connectivity index (χ3v) is 6.24. The van der Waals surface area contributed by atoms with E-state index in [-0.39, 0.29) is 35.7 Å². The van der Waals surface area contributed by atoms with Crippen LogP contribution >= 0.6 is 0 Å². The fourth-order valence-corrected chi connectivity index (χ4v) is 4.84. The predicted molar refractivity (Wildman–Crippen MR) is 97.9 cm³/mol. The third kappa shape index (κ3) is 4.54. The van der Waals surface area contributed by atoms with Crippen molar-refractivity contribution in [2.45, 2.75) is 25.9 Å². The molecule has 2 aromatic rings. The minimum absolute atomic E-state index is 0.0197. The van der Waals surface area contributed by atoms with Gasteiger partial charge in [-0.15, -0.1) is 0 Å². The molecule has 8 nitrogen and oxygen atoms in total. The van der Waals surface area contributed by atoms with E-state index >= 15 is 0 Å². The summed E-state index contributed by atoms with van der Waals surface area (Å²) in [5.41, 5.74) is 0.418. The molecule has 9 heteroatoms. The molecule has 2 amide bonds. The summed E-state index contributed by atoms with van der Waals surface area (Å²) in [4.78, 5) is 30.7. The van der Waals surface area contributed by atoms with Crippen LogP contribution in [-0.2, 0) is 16.4 Å². The van der Waals surface area contributed by atoms with Crippen molar-refractivity contribution >= 4 is 21.7 Å². The molecule has 0 saturated carbocycles. The number of hydrogen-bond acceptors (Lipinski definition) is 6. The molecule has 0 aromatic carbocycles. The van der Waals surface area contributed by atoms with Crippen molar-refractivity contribution in [3.05, 3.63) is 53.7 Å². The first-order chi connectivity index (χ1) is 12.9. The van der Waals surface area contributed by atoms with E-state index in [1.165, 1.54) is 24.6 Å². The number of carbonyl (C=O) groups excluding carboxylic acids is 2. The zero-order valence-electron chi connectivity index (χ0n) is 14.9. The number of carbonyl (C=O) groups is 2. The number of nitrogens with zero attached hydrogens (tertiary/aromatic N) is 2. The van der Waals surface area contributed by atoms with Crippen LogP contribution in [-0.4, -0.2) is 54.2 Å². The Kier molecular flexibility index (Phi) is 5.59. The van der Waals surface area contributed by atoms with Crippen molar-refractivity contribution in [3.8, 4) is 0 Å². The normalized spacial score (nSPS) is 18.2. The average molecular weight is 391 g/mol. The summed E-state index contributed by atoms with van der Waals surface area (Å²) in [5.74, 6) is -0.0448. The van der Waals surface area contributed by atoms with Gasteiger partial charge in [0, 0.05) is 24.3 Å². The molecule has 27 heavy (non-hydrogen) atoms. The van der Waals surface area contributed by atoms with Crippen LogP contribution in [0.5, 0.6) is 0 Å². The lowest BCUT2D eigenvalue weighted by Crippen LogP contribution is -2.41. The summed E-state index contributed by atoms with van der Waals surface area (Å²) in [5, 5.41) is 2.68. The van der Waals surface area contributed by atoms with Gasteiger partial charge in [-0.3, -0.25) is 14.6 Å². The SMILES string of the molecule is CCN(C(=O)c1ccnc(C(=O)NCc2ccco2)c1)C1CCS(=O)(=O)C1. The summed E-state index contributed by atoms with van der Waals surface area (Å²) >= 11 is 0. The van der Waals surface area contributed by atoms with Crippen LogP contribution < -0.4 is 5.32 Å². The molecule has 1 unspecified atom stereocenters. The van der Waals surface area contributed by atoms with Crippen LogP contribution in [0.1, 0.15) is 40.0 Å². The molecule has 1 aliphatic rings. The minimum atomic E-state index is -3.10. The molecule has 1 aliphatic heterocycles. The molecule has 3 rings (SSSR count). The Balaban J connectivity index is 1.71. The summed E-state index contributed by atoms with van der Waals surface area (Å²) in [6.45, 7) is 2.41. The van der Waals surface area contributed by atoms with E-state index in [2.05, 4.69) is 10.3 Å². The lowest BCUT2D eigenvalue weighted by molar-refractivity contribution is 0.0708. The third-order valence-electron chi connectivity index (χ3n) is 4.49. The fourth-order valence-electron chi connectivity index (χ4n) is 3.11. The highest BCUT2D eigenvalue weighted by molar-refractivity contribution is 7.91. The first-order valence-corrected chi connectivity index (χ1v) is 10.5. The van der Waals surface area contributed by atoms with Gasteiger partial charge < -0.3 is 14.6 Å². The quantitative estimate of drug-likeness (QED) is 0.794. The standard InChI is InChI=1S/C18H21N3O5S/c1-2-21(14-6-9-27(24,25)12-14)18(23)13-5-7-19-16(10-13)17(22)20-11-15-4-3-8-26-15/h3-5,7-8,10,14H,2,6,9,11-12H2,1H3,(H,20,22). The van der Waals surface area contributed by atoms with Gasteiger partial charge in [-0.1, -0.05) is 0 Å². The molecular weight excluding hydrogens is 370 g/mol. The summed E-state index contributed by atoms with van der Waals surface area (Å²) in [7, 11) is -3.10. The largest absolute Gasteiger partial charge is 0.467 e. The Bertz CT molecular complexity index is 924. The van der Waals surface area contributed by atoms with Gasteiger partial charge in [0.05, 0.1) is 24.3 Å². The number of aromatic nitrogens is 1. The average Bonchev–Trinajstić information content (AvgIpc) is 3.30. The van der Waals surface area contributed by atoms with Gasteiger partial charge >= 0.3 is 0 Å². The lowest BCUT2D eigenvalue weighted by Gasteiger charge is -2.27. The van der Waals surface area contributed by atoms with Crippen LogP contribution in [0, 0.1) is 0 Å². The number of nitrogens with one attached hydrogen (secondary N) is 1. The van der Waals surface area contributed by atoms with Crippen molar-refractivity contribution in [1.29, 1.82) is 0 Å². The first-order valence-electron chi connectivity index (χ1n) is 8.67. The van der Waals surface area contributed by atoms with Gasteiger partial charge in [-0.05, 0) is 37.6 Å². The highest BCUT2D eigenvalue weighted by Gasteiger charge is 2.34. The minimum Gasteiger partial charge on any atom is -0.467 e. The van der Waals surface area contributed by atoms with Gasteiger partial charge in [-0.25, -0.2) is 8.42 Å². The molecule has 2 aromatic heterocycles. The second-order valence-electron chi connectivity index (χ2n) is 6.34. The van der Waals surface area contributed by atoms with Crippen LogP contribution in [0.25, 0.3) is 0 Å². The Morgan fingerprint density at radius 3 is 2.81 bits per heavy atom. The lowest BCUT2D eigenvalue weighted by atomic mass is 10.1. The van der Waals surface area contributed by atoms with Gasteiger partial charge in [0.2, 0.25) is 0 Å². The molecule has 1 atom stereocenters. The van der Waals surface area contributed by atoms with Crippen molar-refractivity contribution in [3.63, 3.8) is 0 Å². The molecule has 0 radical (unpaired) electrons.